The Labute approximate surface area is 104 Å². The lowest BCUT2D eigenvalue weighted by atomic mass is 10.1. The molecule has 0 saturated heterocycles. The molecular formula is C10H10BrF2NO3. The molecule has 0 atom stereocenters. The average Bonchev–Trinajstić information content (AvgIpc) is 2.27. The summed E-state index contributed by atoms with van der Waals surface area (Å²) in [6.45, 7) is 1.70. The quantitative estimate of drug-likeness (QED) is 0.686. The van der Waals surface area contributed by atoms with Crippen molar-refractivity contribution in [2.75, 3.05) is 6.61 Å². The van der Waals surface area contributed by atoms with Crippen LogP contribution in [-0.2, 0) is 10.1 Å². The van der Waals surface area contributed by atoms with E-state index in [-0.39, 0.29) is 23.1 Å². The number of carbonyl (C=O) groups excluding carboxylic acids is 1. The van der Waals surface area contributed by atoms with Crippen LogP contribution in [0, 0.1) is 0 Å². The van der Waals surface area contributed by atoms with E-state index in [1.807, 2.05) is 4.98 Å². The van der Waals surface area contributed by atoms with Crippen LogP contribution in [0.2, 0.25) is 0 Å². The van der Waals surface area contributed by atoms with Crippen molar-refractivity contribution in [3.05, 3.63) is 33.2 Å². The van der Waals surface area contributed by atoms with E-state index in [0.717, 1.165) is 6.07 Å². The molecule has 17 heavy (non-hydrogen) atoms. The zero-order valence-corrected chi connectivity index (χ0v) is 10.5. The zero-order chi connectivity index (χ0) is 13.0. The molecule has 0 unspecified atom stereocenters. The minimum atomic E-state index is -2.79. The fourth-order valence-electron chi connectivity index (χ4n) is 1.29. The number of aromatic nitrogens is 1. The monoisotopic (exact) mass is 309 g/mol. The molecule has 4 nitrogen and oxygen atoms in total. The molecular weight excluding hydrogens is 300 g/mol. The SMILES string of the molecule is CCOC(=O)c1c(CBr)cc(C(F)F)[nH]c1=O. The molecule has 0 radical (unpaired) electrons. The van der Waals surface area contributed by atoms with Gasteiger partial charge in [-0.3, -0.25) is 4.79 Å². The number of carbonyl (C=O) groups is 1. The lowest BCUT2D eigenvalue weighted by molar-refractivity contribution is 0.0522. The van der Waals surface area contributed by atoms with E-state index in [0.29, 0.717) is 0 Å². The second-order valence-corrected chi connectivity index (χ2v) is 3.67. The van der Waals surface area contributed by atoms with Crippen LogP contribution in [0.25, 0.3) is 0 Å². The minimum absolute atomic E-state index is 0.108. The number of hydrogen-bond donors (Lipinski definition) is 1. The van der Waals surface area contributed by atoms with Gasteiger partial charge in [-0.25, -0.2) is 13.6 Å². The van der Waals surface area contributed by atoms with Crippen LogP contribution in [0.3, 0.4) is 0 Å². The number of esters is 1. The lowest BCUT2D eigenvalue weighted by Crippen LogP contribution is -2.23. The summed E-state index contributed by atoms with van der Waals surface area (Å²) in [4.78, 5) is 25.0. The Morgan fingerprint density at radius 3 is 2.71 bits per heavy atom. The van der Waals surface area contributed by atoms with Crippen LogP contribution >= 0.6 is 15.9 Å². The van der Waals surface area contributed by atoms with E-state index in [2.05, 4.69) is 20.7 Å². The average molecular weight is 310 g/mol. The summed E-state index contributed by atoms with van der Waals surface area (Å²) in [5, 5.41) is 0.116. The number of halogens is 3. The summed E-state index contributed by atoms with van der Waals surface area (Å²) < 4.78 is 29.6. The molecule has 1 aromatic heterocycles. The molecule has 0 spiro atoms. The van der Waals surface area contributed by atoms with Gasteiger partial charge in [0.2, 0.25) is 0 Å². The fourth-order valence-corrected chi connectivity index (χ4v) is 1.73. The third-order valence-electron chi connectivity index (χ3n) is 1.99. The Morgan fingerprint density at radius 2 is 2.24 bits per heavy atom. The van der Waals surface area contributed by atoms with Gasteiger partial charge in [-0.15, -0.1) is 0 Å². The molecule has 0 fully saturated rings. The maximum Gasteiger partial charge on any atom is 0.344 e. The normalized spacial score (nSPS) is 10.6. The number of pyridine rings is 1. The van der Waals surface area contributed by atoms with Crippen LogP contribution in [0.4, 0.5) is 8.78 Å². The van der Waals surface area contributed by atoms with Crippen LogP contribution < -0.4 is 5.56 Å². The highest BCUT2D eigenvalue weighted by atomic mass is 79.9. The number of ether oxygens (including phenoxy) is 1. The maximum atomic E-state index is 12.4. The van der Waals surface area contributed by atoms with Crippen LogP contribution in [-0.4, -0.2) is 17.6 Å². The molecule has 1 aromatic rings. The molecule has 1 N–H and O–H groups in total. The second kappa shape index (κ2) is 5.90. The smallest absolute Gasteiger partial charge is 0.344 e. The highest BCUT2D eigenvalue weighted by Crippen LogP contribution is 2.19. The molecule has 0 aliphatic heterocycles. The zero-order valence-electron chi connectivity index (χ0n) is 8.93. The molecule has 0 bridgehead atoms. The standard InChI is InChI=1S/C10H10BrF2NO3/c1-2-17-10(16)7-5(4-11)3-6(8(12)13)14-9(7)15/h3,8H,2,4H2,1H3,(H,14,15). The molecule has 0 aliphatic carbocycles. The second-order valence-electron chi connectivity index (χ2n) is 3.11. The molecule has 1 rings (SSSR count). The van der Waals surface area contributed by atoms with Gasteiger partial charge in [0.1, 0.15) is 5.56 Å². The molecule has 94 valence electrons. The van der Waals surface area contributed by atoms with Crippen molar-refractivity contribution in [1.29, 1.82) is 0 Å². The summed E-state index contributed by atoms with van der Waals surface area (Å²) in [5.74, 6) is -0.816. The number of nitrogens with one attached hydrogen (secondary N) is 1. The van der Waals surface area contributed by atoms with E-state index in [9.17, 15) is 18.4 Å². The van der Waals surface area contributed by atoms with E-state index >= 15 is 0 Å². The molecule has 0 saturated carbocycles. The molecule has 1 heterocycles. The van der Waals surface area contributed by atoms with Gasteiger partial charge in [0.15, 0.2) is 0 Å². The first-order valence-corrected chi connectivity index (χ1v) is 5.90. The van der Waals surface area contributed by atoms with Gasteiger partial charge in [0, 0.05) is 5.33 Å². The number of rotatable bonds is 4. The van der Waals surface area contributed by atoms with Gasteiger partial charge < -0.3 is 9.72 Å². The van der Waals surface area contributed by atoms with Crippen LogP contribution in [0.1, 0.15) is 35.0 Å². The van der Waals surface area contributed by atoms with E-state index in [1.165, 1.54) is 0 Å². The Kier molecular flexibility index (Phi) is 4.80. The number of H-pyrrole nitrogens is 1. The van der Waals surface area contributed by atoms with Crippen molar-refractivity contribution in [2.45, 2.75) is 18.7 Å². The highest BCUT2D eigenvalue weighted by Gasteiger charge is 2.20. The first-order valence-electron chi connectivity index (χ1n) is 4.78. The first kappa shape index (κ1) is 13.8. The summed E-state index contributed by atoms with van der Waals surface area (Å²) in [5.41, 5.74) is -1.44. The van der Waals surface area contributed by atoms with Crippen molar-refractivity contribution in [2.24, 2.45) is 0 Å². The number of hydrogen-bond acceptors (Lipinski definition) is 3. The summed E-state index contributed by atoms with van der Waals surface area (Å²) in [6.07, 6.45) is -2.79. The van der Waals surface area contributed by atoms with Gasteiger partial charge in [-0.05, 0) is 18.6 Å². The molecule has 7 heteroatoms. The highest BCUT2D eigenvalue weighted by molar-refractivity contribution is 9.08. The van der Waals surface area contributed by atoms with Crippen LogP contribution in [0.5, 0.6) is 0 Å². The number of aromatic amines is 1. The third kappa shape index (κ3) is 3.12. The first-order chi connectivity index (χ1) is 8.01. The Morgan fingerprint density at radius 1 is 1.59 bits per heavy atom. The Balaban J connectivity index is 3.31. The fraction of sp³-hybridized carbons (Fsp3) is 0.400. The lowest BCUT2D eigenvalue weighted by Gasteiger charge is -2.08. The topological polar surface area (TPSA) is 59.2 Å². The maximum absolute atomic E-state index is 12.4. The van der Waals surface area contributed by atoms with E-state index in [1.54, 1.807) is 6.92 Å². The minimum Gasteiger partial charge on any atom is -0.462 e. The summed E-state index contributed by atoms with van der Waals surface area (Å²) in [7, 11) is 0. The number of alkyl halides is 3. The third-order valence-corrected chi connectivity index (χ3v) is 2.60. The van der Waals surface area contributed by atoms with Gasteiger partial charge in [-0.2, -0.15) is 0 Å². The van der Waals surface area contributed by atoms with Crippen molar-refractivity contribution in [3.63, 3.8) is 0 Å². The molecule has 0 amide bonds. The van der Waals surface area contributed by atoms with Gasteiger partial charge in [-0.1, -0.05) is 15.9 Å². The van der Waals surface area contributed by atoms with Gasteiger partial charge in [0.05, 0.1) is 12.3 Å². The molecule has 0 aliphatic rings. The van der Waals surface area contributed by atoms with Crippen LogP contribution in [0.15, 0.2) is 10.9 Å². The summed E-state index contributed by atoms with van der Waals surface area (Å²) >= 11 is 3.04. The van der Waals surface area contributed by atoms with E-state index in [4.69, 9.17) is 0 Å². The van der Waals surface area contributed by atoms with E-state index < -0.39 is 23.6 Å². The predicted molar refractivity (Wildman–Crippen MR) is 60.6 cm³/mol. The van der Waals surface area contributed by atoms with Gasteiger partial charge >= 0.3 is 5.97 Å². The Hall–Kier alpha value is -1.24. The van der Waals surface area contributed by atoms with Crippen molar-refractivity contribution >= 4 is 21.9 Å². The van der Waals surface area contributed by atoms with Crippen molar-refractivity contribution in [1.82, 2.24) is 4.98 Å². The van der Waals surface area contributed by atoms with Gasteiger partial charge in [0.25, 0.3) is 12.0 Å². The molecule has 0 aromatic carbocycles. The largest absolute Gasteiger partial charge is 0.462 e. The van der Waals surface area contributed by atoms with Crippen molar-refractivity contribution in [3.8, 4) is 0 Å². The predicted octanol–water partition coefficient (Wildman–Crippen LogP) is 2.38. The van der Waals surface area contributed by atoms with Crippen molar-refractivity contribution < 1.29 is 18.3 Å². The Bertz CT molecular complexity index is 473. The summed E-state index contributed by atoms with van der Waals surface area (Å²) in [6, 6.07) is 1.08.